The maximum atomic E-state index is 11.3. The topological polar surface area (TPSA) is 46.2 Å². The highest BCUT2D eigenvalue weighted by molar-refractivity contribution is 7.98. The number of nitrogens with one attached hydrogen (secondary N) is 1. The van der Waals surface area contributed by atoms with Crippen molar-refractivity contribution in [3.8, 4) is 0 Å². The van der Waals surface area contributed by atoms with E-state index in [0.29, 0.717) is 0 Å². The van der Waals surface area contributed by atoms with Gasteiger partial charge < -0.3 is 0 Å². The van der Waals surface area contributed by atoms with E-state index in [-0.39, 0.29) is 11.3 Å². The van der Waals surface area contributed by atoms with E-state index in [4.69, 9.17) is 0 Å². The molecule has 0 aromatic carbocycles. The molecule has 0 heterocycles. The number of rotatable bonds is 5. The molecule has 74 valence electrons. The molecule has 1 N–H and O–H groups in total. The van der Waals surface area contributed by atoms with Crippen LogP contribution >= 0.6 is 11.8 Å². The quantitative estimate of drug-likeness (QED) is 0.740. The number of hydrogen-bond acceptors (Lipinski definition) is 3. The minimum absolute atomic E-state index is 0.0207. The lowest BCUT2D eigenvalue weighted by Crippen LogP contribution is -2.38. The van der Waals surface area contributed by atoms with Gasteiger partial charge in [-0.25, -0.2) is 13.1 Å². The van der Waals surface area contributed by atoms with Gasteiger partial charge in [-0.3, -0.25) is 0 Å². The molecule has 0 bridgehead atoms. The molecule has 0 radical (unpaired) electrons. The molecule has 1 atom stereocenters. The normalized spacial score (nSPS) is 15.1. The first-order chi connectivity index (χ1) is 5.40. The molecule has 0 aliphatic carbocycles. The summed E-state index contributed by atoms with van der Waals surface area (Å²) in [7, 11) is -3.08. The lowest BCUT2D eigenvalue weighted by Gasteiger charge is -2.14. The zero-order valence-electron chi connectivity index (χ0n) is 7.99. The molecule has 0 spiro atoms. The third-order valence-electron chi connectivity index (χ3n) is 1.40. The Labute approximate surface area is 79.4 Å². The fourth-order valence-electron chi connectivity index (χ4n) is 0.701. The largest absolute Gasteiger partial charge is 0.214 e. The van der Waals surface area contributed by atoms with Gasteiger partial charge in [0.15, 0.2) is 0 Å². The summed E-state index contributed by atoms with van der Waals surface area (Å²) in [5, 5.41) is -0.346. The van der Waals surface area contributed by atoms with Crippen molar-refractivity contribution < 1.29 is 8.42 Å². The van der Waals surface area contributed by atoms with E-state index in [2.05, 4.69) is 4.72 Å². The Balaban J connectivity index is 4.07. The number of sulfonamides is 1. The smallest absolute Gasteiger partial charge is 0.212 e. The van der Waals surface area contributed by atoms with Crippen LogP contribution in [0.1, 0.15) is 20.8 Å². The van der Waals surface area contributed by atoms with Gasteiger partial charge in [-0.05, 0) is 27.0 Å². The molecule has 0 amide bonds. The monoisotopic (exact) mass is 211 g/mol. The van der Waals surface area contributed by atoms with Crippen LogP contribution in [0.4, 0.5) is 0 Å². The molecule has 12 heavy (non-hydrogen) atoms. The van der Waals surface area contributed by atoms with Gasteiger partial charge in [0.05, 0.1) is 5.25 Å². The molecule has 0 rings (SSSR count). The van der Waals surface area contributed by atoms with E-state index < -0.39 is 10.0 Å². The van der Waals surface area contributed by atoms with Crippen molar-refractivity contribution in [2.24, 2.45) is 0 Å². The molecule has 0 aromatic rings. The average molecular weight is 211 g/mol. The molecule has 0 saturated carbocycles. The first kappa shape index (κ1) is 12.3. The first-order valence-corrected chi connectivity index (χ1v) is 6.84. The third kappa shape index (κ3) is 4.33. The van der Waals surface area contributed by atoms with E-state index in [9.17, 15) is 8.42 Å². The third-order valence-corrected chi connectivity index (χ3v) is 4.21. The van der Waals surface area contributed by atoms with Crippen LogP contribution in [0, 0.1) is 0 Å². The highest BCUT2D eigenvalue weighted by Gasteiger charge is 2.17. The standard InChI is InChI=1S/C7H17NO2S2/c1-6(2)12(9,10)8-7(3)5-11-4/h6-8H,5H2,1-4H3/t7-/m0/s1. The number of hydrogen-bond donors (Lipinski definition) is 1. The van der Waals surface area contributed by atoms with E-state index in [1.54, 1.807) is 25.6 Å². The highest BCUT2D eigenvalue weighted by Crippen LogP contribution is 2.01. The van der Waals surface area contributed by atoms with Crippen molar-refractivity contribution in [3.63, 3.8) is 0 Å². The number of thioether (sulfide) groups is 1. The van der Waals surface area contributed by atoms with Crippen LogP contribution in [-0.4, -0.2) is 31.7 Å². The Morgan fingerprint density at radius 3 is 2.17 bits per heavy atom. The average Bonchev–Trinajstić information content (AvgIpc) is 1.85. The van der Waals surface area contributed by atoms with E-state index in [1.807, 2.05) is 13.2 Å². The van der Waals surface area contributed by atoms with Gasteiger partial charge in [0.25, 0.3) is 0 Å². The molecule has 3 nitrogen and oxygen atoms in total. The molecule has 0 unspecified atom stereocenters. The van der Waals surface area contributed by atoms with Crippen LogP contribution in [0.25, 0.3) is 0 Å². The summed E-state index contributed by atoms with van der Waals surface area (Å²) in [5.74, 6) is 0.811. The second kappa shape index (κ2) is 5.09. The van der Waals surface area contributed by atoms with Gasteiger partial charge in [0.2, 0.25) is 10.0 Å². The molecule has 0 aliphatic heterocycles. The SMILES string of the molecule is CSC[C@H](C)NS(=O)(=O)C(C)C. The second-order valence-corrected chi connectivity index (χ2v) is 6.25. The lowest BCUT2D eigenvalue weighted by molar-refractivity contribution is 0.562. The summed E-state index contributed by atoms with van der Waals surface area (Å²) in [6.07, 6.45) is 1.96. The van der Waals surface area contributed by atoms with Crippen molar-refractivity contribution >= 4 is 21.8 Å². The highest BCUT2D eigenvalue weighted by atomic mass is 32.2. The summed E-state index contributed by atoms with van der Waals surface area (Å²) < 4.78 is 25.2. The van der Waals surface area contributed by atoms with Crippen molar-refractivity contribution in [2.75, 3.05) is 12.0 Å². The summed E-state index contributed by atoms with van der Waals surface area (Å²) >= 11 is 1.64. The first-order valence-electron chi connectivity index (χ1n) is 3.90. The van der Waals surface area contributed by atoms with Crippen LogP contribution in [0.15, 0.2) is 0 Å². The Kier molecular flexibility index (Phi) is 5.20. The van der Waals surface area contributed by atoms with Crippen LogP contribution in [0.2, 0.25) is 0 Å². The zero-order chi connectivity index (χ0) is 9.78. The van der Waals surface area contributed by atoms with Crippen LogP contribution in [0.5, 0.6) is 0 Å². The predicted octanol–water partition coefficient (Wildman–Crippen LogP) is 1.07. The molecule has 0 aliphatic rings. The van der Waals surface area contributed by atoms with Gasteiger partial charge in [0.1, 0.15) is 0 Å². The van der Waals surface area contributed by atoms with Gasteiger partial charge in [-0.1, -0.05) is 0 Å². The molecular weight excluding hydrogens is 194 g/mol. The van der Waals surface area contributed by atoms with Crippen molar-refractivity contribution in [3.05, 3.63) is 0 Å². The van der Waals surface area contributed by atoms with Crippen molar-refractivity contribution in [1.29, 1.82) is 0 Å². The molecular formula is C7H17NO2S2. The van der Waals surface area contributed by atoms with Crippen LogP contribution in [0.3, 0.4) is 0 Å². The minimum atomic E-state index is -3.08. The van der Waals surface area contributed by atoms with Gasteiger partial charge in [-0.15, -0.1) is 0 Å². The Hall–Kier alpha value is 0.260. The van der Waals surface area contributed by atoms with Crippen LogP contribution < -0.4 is 4.72 Å². The van der Waals surface area contributed by atoms with Gasteiger partial charge >= 0.3 is 0 Å². The van der Waals surface area contributed by atoms with E-state index in [0.717, 1.165) is 5.75 Å². The lowest BCUT2D eigenvalue weighted by atomic mass is 10.4. The fourth-order valence-corrected chi connectivity index (χ4v) is 2.31. The zero-order valence-corrected chi connectivity index (χ0v) is 9.63. The summed E-state index contributed by atoms with van der Waals surface area (Å²) in [4.78, 5) is 0. The van der Waals surface area contributed by atoms with Crippen molar-refractivity contribution in [2.45, 2.75) is 32.1 Å². The van der Waals surface area contributed by atoms with Gasteiger partial charge in [-0.2, -0.15) is 11.8 Å². The van der Waals surface area contributed by atoms with E-state index in [1.165, 1.54) is 0 Å². The fraction of sp³-hybridized carbons (Fsp3) is 1.00. The predicted molar refractivity (Wildman–Crippen MR) is 55.0 cm³/mol. The second-order valence-electron chi connectivity index (χ2n) is 3.07. The molecule has 5 heteroatoms. The minimum Gasteiger partial charge on any atom is -0.212 e. The Bertz CT molecular complexity index is 211. The van der Waals surface area contributed by atoms with Gasteiger partial charge in [0, 0.05) is 11.8 Å². The van der Waals surface area contributed by atoms with Crippen molar-refractivity contribution in [1.82, 2.24) is 4.72 Å². The summed E-state index contributed by atoms with van der Waals surface area (Å²) in [6, 6.07) is 0.0207. The molecule has 0 saturated heterocycles. The van der Waals surface area contributed by atoms with E-state index >= 15 is 0 Å². The Morgan fingerprint density at radius 1 is 1.33 bits per heavy atom. The maximum Gasteiger partial charge on any atom is 0.214 e. The van der Waals surface area contributed by atoms with Crippen LogP contribution in [-0.2, 0) is 10.0 Å². The maximum absolute atomic E-state index is 11.3. The molecule has 0 fully saturated rings. The summed E-state index contributed by atoms with van der Waals surface area (Å²) in [5.41, 5.74) is 0. The summed E-state index contributed by atoms with van der Waals surface area (Å²) in [6.45, 7) is 5.22. The molecule has 0 aromatic heterocycles. The Morgan fingerprint density at radius 2 is 1.83 bits per heavy atom.